The average Bonchev–Trinajstić information content (AvgIpc) is 3.04. The Hall–Kier alpha value is -2.83. The molecule has 1 amide bonds. The summed E-state index contributed by atoms with van der Waals surface area (Å²) in [6.45, 7) is 1.57. The summed E-state index contributed by atoms with van der Waals surface area (Å²) in [7, 11) is 0. The first kappa shape index (κ1) is 17.0. The van der Waals surface area contributed by atoms with Crippen LogP contribution in [0.3, 0.4) is 0 Å². The Morgan fingerprint density at radius 2 is 2.24 bits per heavy atom. The van der Waals surface area contributed by atoms with E-state index >= 15 is 0 Å². The van der Waals surface area contributed by atoms with E-state index in [1.165, 1.54) is 19.3 Å². The molecule has 3 rings (SSSR count). The van der Waals surface area contributed by atoms with Crippen molar-refractivity contribution in [1.82, 2.24) is 15.1 Å². The molecule has 0 atom stereocenters. The van der Waals surface area contributed by atoms with Gasteiger partial charge in [-0.2, -0.15) is 5.10 Å². The van der Waals surface area contributed by atoms with E-state index in [-0.39, 0.29) is 12.5 Å². The first-order chi connectivity index (χ1) is 12.2. The van der Waals surface area contributed by atoms with E-state index < -0.39 is 0 Å². The summed E-state index contributed by atoms with van der Waals surface area (Å²) in [6, 6.07) is 9.41. The number of carbonyl (C=O) groups excluding carboxylic acids is 1. The SMILES string of the molecule is NC(=NCc1cccc(NC(=O)Cn2cccn2)c1)NCC1CCC1. The van der Waals surface area contributed by atoms with Crippen LogP contribution in [0.15, 0.2) is 47.7 Å². The molecule has 1 aromatic carbocycles. The van der Waals surface area contributed by atoms with Gasteiger partial charge in [-0.25, -0.2) is 4.99 Å². The molecule has 2 aromatic rings. The first-order valence-corrected chi connectivity index (χ1v) is 8.59. The minimum atomic E-state index is -0.119. The number of hydrogen-bond donors (Lipinski definition) is 3. The predicted molar refractivity (Wildman–Crippen MR) is 98.0 cm³/mol. The maximum Gasteiger partial charge on any atom is 0.246 e. The highest BCUT2D eigenvalue weighted by atomic mass is 16.2. The number of amides is 1. The minimum absolute atomic E-state index is 0.119. The maximum atomic E-state index is 12.0. The van der Waals surface area contributed by atoms with Gasteiger partial charge < -0.3 is 16.4 Å². The summed E-state index contributed by atoms with van der Waals surface area (Å²) in [5.41, 5.74) is 7.64. The van der Waals surface area contributed by atoms with Crippen molar-refractivity contribution >= 4 is 17.6 Å². The second-order valence-electron chi connectivity index (χ2n) is 6.33. The van der Waals surface area contributed by atoms with Gasteiger partial charge in [0, 0.05) is 24.6 Å². The Kier molecular flexibility index (Phi) is 5.66. The van der Waals surface area contributed by atoms with Crippen LogP contribution in [0, 0.1) is 5.92 Å². The van der Waals surface area contributed by atoms with Gasteiger partial charge in [0.1, 0.15) is 6.54 Å². The zero-order valence-electron chi connectivity index (χ0n) is 14.2. The van der Waals surface area contributed by atoms with Gasteiger partial charge in [0.15, 0.2) is 5.96 Å². The van der Waals surface area contributed by atoms with Crippen LogP contribution in [0.2, 0.25) is 0 Å². The average molecular weight is 340 g/mol. The number of hydrogen-bond acceptors (Lipinski definition) is 3. The fourth-order valence-corrected chi connectivity index (χ4v) is 2.67. The third kappa shape index (κ3) is 5.34. The molecule has 0 spiro atoms. The molecular formula is C18H24N6O. The van der Waals surface area contributed by atoms with Crippen LogP contribution in [0.25, 0.3) is 0 Å². The standard InChI is InChI=1S/C18H24N6O/c19-18(20-11-14-4-1-5-14)21-12-15-6-2-7-16(10-15)23-17(25)13-24-9-3-8-22-24/h2-3,6-10,14H,1,4-5,11-13H2,(H,23,25)(H3,19,20,21). The van der Waals surface area contributed by atoms with Crippen molar-refractivity contribution in [1.29, 1.82) is 0 Å². The fraction of sp³-hybridized carbons (Fsp3) is 0.389. The number of guanidine groups is 1. The van der Waals surface area contributed by atoms with Crippen molar-refractivity contribution in [3.63, 3.8) is 0 Å². The number of nitrogens with two attached hydrogens (primary N) is 1. The second kappa shape index (κ2) is 8.32. The molecule has 1 aromatic heterocycles. The highest BCUT2D eigenvalue weighted by Gasteiger charge is 2.16. The normalized spacial score (nSPS) is 14.8. The Balaban J connectivity index is 1.49. The van der Waals surface area contributed by atoms with Crippen LogP contribution in [0.1, 0.15) is 24.8 Å². The third-order valence-electron chi connectivity index (χ3n) is 4.30. The Bertz CT molecular complexity index is 721. The maximum absolute atomic E-state index is 12.0. The number of aliphatic imine (C=N–C) groups is 1. The lowest BCUT2D eigenvalue weighted by Gasteiger charge is -2.25. The molecule has 1 heterocycles. The molecule has 7 nitrogen and oxygen atoms in total. The van der Waals surface area contributed by atoms with Crippen LogP contribution in [0.5, 0.6) is 0 Å². The summed E-state index contributed by atoms with van der Waals surface area (Å²) < 4.78 is 1.58. The molecule has 0 unspecified atom stereocenters. The highest BCUT2D eigenvalue weighted by Crippen LogP contribution is 2.25. The van der Waals surface area contributed by atoms with E-state index in [1.54, 1.807) is 23.1 Å². The number of anilines is 1. The van der Waals surface area contributed by atoms with Crippen molar-refractivity contribution in [3.05, 3.63) is 48.3 Å². The summed E-state index contributed by atoms with van der Waals surface area (Å²) in [4.78, 5) is 16.4. The summed E-state index contributed by atoms with van der Waals surface area (Å²) >= 11 is 0. The van der Waals surface area contributed by atoms with Crippen molar-refractivity contribution in [3.8, 4) is 0 Å². The van der Waals surface area contributed by atoms with Crippen molar-refractivity contribution in [2.45, 2.75) is 32.4 Å². The lowest BCUT2D eigenvalue weighted by atomic mass is 9.85. The Morgan fingerprint density at radius 3 is 2.96 bits per heavy atom. The molecule has 132 valence electrons. The molecule has 7 heteroatoms. The summed E-state index contributed by atoms with van der Waals surface area (Å²) in [6.07, 6.45) is 7.28. The first-order valence-electron chi connectivity index (χ1n) is 8.59. The van der Waals surface area contributed by atoms with E-state index in [9.17, 15) is 4.79 Å². The topological polar surface area (TPSA) is 97.3 Å². The van der Waals surface area contributed by atoms with Gasteiger partial charge in [0.25, 0.3) is 0 Å². The van der Waals surface area contributed by atoms with E-state index in [1.807, 2.05) is 24.3 Å². The zero-order chi connectivity index (χ0) is 17.5. The van der Waals surface area contributed by atoms with Gasteiger partial charge in [-0.15, -0.1) is 0 Å². The number of nitrogens with one attached hydrogen (secondary N) is 2. The van der Waals surface area contributed by atoms with E-state index in [0.717, 1.165) is 23.7 Å². The molecule has 25 heavy (non-hydrogen) atoms. The van der Waals surface area contributed by atoms with Crippen LogP contribution < -0.4 is 16.4 Å². The quantitative estimate of drug-likeness (QED) is 0.528. The number of aromatic nitrogens is 2. The number of rotatable bonds is 7. The van der Waals surface area contributed by atoms with E-state index in [0.29, 0.717) is 12.5 Å². The summed E-state index contributed by atoms with van der Waals surface area (Å²) in [5.74, 6) is 1.09. The monoisotopic (exact) mass is 340 g/mol. The van der Waals surface area contributed by atoms with Crippen LogP contribution in [-0.4, -0.2) is 28.2 Å². The molecule has 0 aliphatic heterocycles. The highest BCUT2D eigenvalue weighted by molar-refractivity contribution is 5.90. The van der Waals surface area contributed by atoms with Crippen molar-refractivity contribution in [2.24, 2.45) is 16.6 Å². The third-order valence-corrected chi connectivity index (χ3v) is 4.30. The van der Waals surface area contributed by atoms with E-state index in [2.05, 4.69) is 20.7 Å². The Labute approximate surface area is 147 Å². The molecule has 0 saturated heterocycles. The van der Waals surface area contributed by atoms with Gasteiger partial charge in [-0.3, -0.25) is 9.48 Å². The number of nitrogens with zero attached hydrogens (tertiary/aromatic N) is 3. The van der Waals surface area contributed by atoms with Gasteiger partial charge in [0.2, 0.25) is 5.91 Å². The molecule has 1 fully saturated rings. The number of benzene rings is 1. The fourth-order valence-electron chi connectivity index (χ4n) is 2.67. The van der Waals surface area contributed by atoms with Gasteiger partial charge in [-0.05, 0) is 42.5 Å². The second-order valence-corrected chi connectivity index (χ2v) is 6.33. The lowest BCUT2D eigenvalue weighted by molar-refractivity contribution is -0.116. The van der Waals surface area contributed by atoms with Crippen LogP contribution >= 0.6 is 0 Å². The van der Waals surface area contributed by atoms with Crippen LogP contribution in [0.4, 0.5) is 5.69 Å². The predicted octanol–water partition coefficient (Wildman–Crippen LogP) is 1.73. The number of carbonyl (C=O) groups is 1. The Morgan fingerprint density at radius 1 is 1.36 bits per heavy atom. The van der Waals surface area contributed by atoms with Gasteiger partial charge in [-0.1, -0.05) is 18.6 Å². The molecule has 1 saturated carbocycles. The van der Waals surface area contributed by atoms with Gasteiger partial charge in [0.05, 0.1) is 6.54 Å². The van der Waals surface area contributed by atoms with Crippen molar-refractivity contribution < 1.29 is 4.79 Å². The lowest BCUT2D eigenvalue weighted by Crippen LogP contribution is -2.37. The zero-order valence-corrected chi connectivity index (χ0v) is 14.2. The molecule has 4 N–H and O–H groups in total. The smallest absolute Gasteiger partial charge is 0.246 e. The minimum Gasteiger partial charge on any atom is -0.370 e. The molecule has 1 aliphatic rings. The van der Waals surface area contributed by atoms with Gasteiger partial charge >= 0.3 is 0 Å². The molecule has 1 aliphatic carbocycles. The summed E-state index contributed by atoms with van der Waals surface area (Å²) in [5, 5.41) is 10.1. The molecule has 0 radical (unpaired) electrons. The molecular weight excluding hydrogens is 316 g/mol. The largest absolute Gasteiger partial charge is 0.370 e. The van der Waals surface area contributed by atoms with Crippen molar-refractivity contribution in [2.75, 3.05) is 11.9 Å². The van der Waals surface area contributed by atoms with E-state index in [4.69, 9.17) is 5.73 Å². The van der Waals surface area contributed by atoms with Crippen LogP contribution in [-0.2, 0) is 17.9 Å². The molecule has 0 bridgehead atoms.